The highest BCUT2D eigenvalue weighted by atomic mass is 15.1. The van der Waals surface area contributed by atoms with Crippen molar-refractivity contribution in [3.05, 3.63) is 254 Å². The molecule has 0 amide bonds. The molecule has 0 unspecified atom stereocenters. The van der Waals surface area contributed by atoms with E-state index >= 15 is 0 Å². The number of nitrogens with zero attached hydrogens (tertiary/aromatic N) is 2. The molecule has 0 radical (unpaired) electrons. The predicted molar refractivity (Wildman–Crippen MR) is 296 cm³/mol. The second-order valence-electron chi connectivity index (χ2n) is 18.7. The summed E-state index contributed by atoms with van der Waals surface area (Å²) in [6.45, 7) is 0.753. The Morgan fingerprint density at radius 3 is 1.47 bits per heavy atom. The van der Waals surface area contributed by atoms with E-state index in [2.05, 4.69) is 248 Å². The molecule has 324 valence electrons. The molecule has 0 saturated heterocycles. The first-order chi connectivity index (χ1) is 34.6. The minimum absolute atomic E-state index is 0.714. The first-order valence-electron chi connectivity index (χ1n) is 24.1. The van der Waals surface area contributed by atoms with E-state index in [0.717, 1.165) is 23.2 Å². The average Bonchev–Trinajstić information content (AvgIpc) is 3.43. The van der Waals surface area contributed by atoms with Crippen molar-refractivity contribution in [3.63, 3.8) is 0 Å². The van der Waals surface area contributed by atoms with E-state index in [4.69, 9.17) is 0 Å². The lowest BCUT2D eigenvalue weighted by Crippen LogP contribution is -2.20. The summed E-state index contributed by atoms with van der Waals surface area (Å²) in [6, 6.07) is 91.3. The minimum Gasteiger partial charge on any atom is -0.336 e. The smallest absolute Gasteiger partial charge is 0.0998 e. The number of hydrogen-bond acceptors (Lipinski definition) is 2. The normalized spacial score (nSPS) is 12.2. The van der Waals surface area contributed by atoms with E-state index in [9.17, 15) is 5.26 Å². The monoisotopic (exact) mass is 886 g/mol. The summed E-state index contributed by atoms with van der Waals surface area (Å²) in [7, 11) is 0. The minimum atomic E-state index is 0.714. The van der Waals surface area contributed by atoms with Crippen molar-refractivity contribution >= 4 is 76.0 Å². The fourth-order valence-corrected chi connectivity index (χ4v) is 11.5. The third-order valence-electron chi connectivity index (χ3n) is 14.9. The highest BCUT2D eigenvalue weighted by Gasteiger charge is 2.25. The van der Waals surface area contributed by atoms with Crippen LogP contribution in [0.15, 0.2) is 243 Å². The quantitative estimate of drug-likeness (QED) is 0.123. The van der Waals surface area contributed by atoms with Crippen LogP contribution in [0.25, 0.3) is 120 Å². The van der Waals surface area contributed by atoms with Crippen molar-refractivity contribution in [1.82, 2.24) is 0 Å². The van der Waals surface area contributed by atoms with Crippen LogP contribution in [0.1, 0.15) is 11.1 Å². The molecule has 70 heavy (non-hydrogen) atoms. The van der Waals surface area contributed by atoms with Crippen molar-refractivity contribution < 1.29 is 0 Å². The first kappa shape index (κ1) is 39.8. The van der Waals surface area contributed by atoms with Crippen LogP contribution in [0.4, 0.5) is 11.4 Å². The summed E-state index contributed by atoms with van der Waals surface area (Å²) in [5, 5.41) is 24.6. The van der Waals surface area contributed by atoms with Gasteiger partial charge in [-0.2, -0.15) is 5.26 Å². The number of nitriles is 1. The standard InChI is InChI=1S/C68H42N2/c69-41-54-30-31-55-42-70(56-14-2-1-3-15-56)64-37-36-57(61-35-34-58(54)67(55)68(61)64)48-26-22-46(23-27-48)45-18-20-47(21-19-45)51-32-33-62-63(40-51)66(53-29-25-44-11-5-7-13-50(44)39-53)60-17-9-8-16-59(60)65(62)52-28-24-43-10-4-6-12-49(43)38-52/h1-40H,42H2. The van der Waals surface area contributed by atoms with Crippen molar-refractivity contribution in [2.45, 2.75) is 6.54 Å². The third-order valence-corrected chi connectivity index (χ3v) is 14.9. The van der Waals surface area contributed by atoms with Gasteiger partial charge in [0.05, 0.1) is 11.6 Å². The van der Waals surface area contributed by atoms with Crippen LogP contribution in [0.2, 0.25) is 0 Å². The number of para-hydroxylation sites is 1. The Morgan fingerprint density at radius 1 is 0.329 bits per heavy atom. The molecule has 1 aliphatic heterocycles. The Kier molecular flexibility index (Phi) is 9.06. The molecule has 1 heterocycles. The molecular weight excluding hydrogens is 845 g/mol. The molecule has 0 aliphatic carbocycles. The van der Waals surface area contributed by atoms with Gasteiger partial charge in [-0.05, 0) is 158 Å². The molecule has 13 aromatic carbocycles. The van der Waals surface area contributed by atoms with Gasteiger partial charge in [0.1, 0.15) is 0 Å². The molecule has 0 atom stereocenters. The van der Waals surface area contributed by atoms with E-state index in [1.54, 1.807) is 0 Å². The largest absolute Gasteiger partial charge is 0.336 e. The van der Waals surface area contributed by atoms with Crippen LogP contribution in [0, 0.1) is 11.3 Å². The zero-order valence-electron chi connectivity index (χ0n) is 38.2. The number of rotatable bonds is 6. The van der Waals surface area contributed by atoms with Gasteiger partial charge in [0.15, 0.2) is 0 Å². The molecule has 13 aromatic rings. The molecule has 0 fully saturated rings. The second kappa shape index (κ2) is 15.9. The van der Waals surface area contributed by atoms with Crippen LogP contribution < -0.4 is 4.90 Å². The molecule has 0 spiro atoms. The van der Waals surface area contributed by atoms with E-state index in [-0.39, 0.29) is 0 Å². The second-order valence-corrected chi connectivity index (χ2v) is 18.7. The van der Waals surface area contributed by atoms with Gasteiger partial charge in [0.25, 0.3) is 0 Å². The molecule has 0 N–H and O–H groups in total. The first-order valence-corrected chi connectivity index (χ1v) is 24.1. The Morgan fingerprint density at radius 2 is 0.829 bits per heavy atom. The highest BCUT2D eigenvalue weighted by molar-refractivity contribution is 6.23. The Hall–Kier alpha value is -9.29. The topological polar surface area (TPSA) is 27.0 Å². The third kappa shape index (κ3) is 6.33. The summed E-state index contributed by atoms with van der Waals surface area (Å²) in [5.41, 5.74) is 16.3. The van der Waals surface area contributed by atoms with Gasteiger partial charge in [-0.3, -0.25) is 0 Å². The zero-order chi connectivity index (χ0) is 46.3. The number of fused-ring (bicyclic) bond motifs is 4. The van der Waals surface area contributed by atoms with Gasteiger partial charge in [0, 0.05) is 28.7 Å². The summed E-state index contributed by atoms with van der Waals surface area (Å²) in [4.78, 5) is 2.40. The van der Waals surface area contributed by atoms with Crippen molar-refractivity contribution in [1.29, 1.82) is 5.26 Å². The molecule has 2 heteroatoms. The number of anilines is 2. The van der Waals surface area contributed by atoms with Gasteiger partial charge in [0.2, 0.25) is 0 Å². The molecular formula is C68H42N2. The summed E-state index contributed by atoms with van der Waals surface area (Å²) < 4.78 is 0. The maximum absolute atomic E-state index is 10.1. The maximum Gasteiger partial charge on any atom is 0.0998 e. The highest BCUT2D eigenvalue weighted by Crippen LogP contribution is 2.48. The summed E-state index contributed by atoms with van der Waals surface area (Å²) in [5.74, 6) is 0. The lowest BCUT2D eigenvalue weighted by Gasteiger charge is -2.32. The fourth-order valence-electron chi connectivity index (χ4n) is 11.5. The predicted octanol–water partition coefficient (Wildman–Crippen LogP) is 18.5. The van der Waals surface area contributed by atoms with E-state index in [0.29, 0.717) is 5.56 Å². The van der Waals surface area contributed by atoms with Crippen LogP contribution in [0.5, 0.6) is 0 Å². The Balaban J connectivity index is 0.859. The van der Waals surface area contributed by atoms with Crippen molar-refractivity contribution in [2.24, 2.45) is 0 Å². The molecule has 1 aliphatic rings. The average molecular weight is 887 g/mol. The molecule has 0 saturated carbocycles. The summed E-state index contributed by atoms with van der Waals surface area (Å²) >= 11 is 0. The van der Waals surface area contributed by atoms with Crippen LogP contribution in [-0.2, 0) is 6.54 Å². The fraction of sp³-hybridized carbons (Fsp3) is 0.0147. The lowest BCUT2D eigenvalue weighted by atomic mass is 9.84. The van der Waals surface area contributed by atoms with Gasteiger partial charge in [-0.15, -0.1) is 0 Å². The Labute approximate surface area is 406 Å². The van der Waals surface area contributed by atoms with Crippen LogP contribution in [0.3, 0.4) is 0 Å². The van der Waals surface area contributed by atoms with Crippen molar-refractivity contribution in [2.75, 3.05) is 4.90 Å². The molecule has 2 nitrogen and oxygen atoms in total. The molecule has 0 bridgehead atoms. The Bertz CT molecular complexity index is 4310. The number of benzene rings is 13. The van der Waals surface area contributed by atoms with Crippen LogP contribution in [-0.4, -0.2) is 0 Å². The lowest BCUT2D eigenvalue weighted by molar-refractivity contribution is 0.982. The van der Waals surface area contributed by atoms with Gasteiger partial charge in [-0.25, -0.2) is 0 Å². The van der Waals surface area contributed by atoms with Gasteiger partial charge < -0.3 is 4.90 Å². The summed E-state index contributed by atoms with van der Waals surface area (Å²) in [6.07, 6.45) is 0. The van der Waals surface area contributed by atoms with E-state index in [1.807, 2.05) is 6.07 Å². The van der Waals surface area contributed by atoms with Crippen LogP contribution >= 0.6 is 0 Å². The molecule has 14 rings (SSSR count). The van der Waals surface area contributed by atoms with Gasteiger partial charge >= 0.3 is 0 Å². The molecule has 0 aromatic heterocycles. The maximum atomic E-state index is 10.1. The number of hydrogen-bond donors (Lipinski definition) is 0. The van der Waals surface area contributed by atoms with Gasteiger partial charge in [-0.1, -0.05) is 200 Å². The zero-order valence-corrected chi connectivity index (χ0v) is 38.2. The van der Waals surface area contributed by atoms with E-state index in [1.165, 1.54) is 121 Å². The SMILES string of the molecule is N#Cc1ccc2c3c1ccc1c(-c4ccc(-c5ccc(-c6ccc7c(-c8ccc9ccccc9c8)c8ccccc8c(-c8ccc9ccccc9c8)c7c6)cc5)cc4)ccc(c13)N(c1ccccc1)C2. The van der Waals surface area contributed by atoms with E-state index < -0.39 is 0 Å². The van der Waals surface area contributed by atoms with Crippen molar-refractivity contribution in [3.8, 4) is 61.7 Å².